The number of rotatable bonds is 16. The molecule has 162 valence electrons. The minimum atomic E-state index is -1.33. The van der Waals surface area contributed by atoms with E-state index in [1.54, 1.807) is 0 Å². The summed E-state index contributed by atoms with van der Waals surface area (Å²) in [5.41, 5.74) is 0. The van der Waals surface area contributed by atoms with Gasteiger partial charge in [-0.15, -0.1) is 0 Å². The Balaban J connectivity index is 1.93. The Kier molecular flexibility index (Phi) is 14.4. The molecule has 5 atom stereocenters. The Morgan fingerprint density at radius 3 is 1.67 bits per heavy atom. The van der Waals surface area contributed by atoms with Crippen LogP contribution >= 0.6 is 0 Å². The van der Waals surface area contributed by atoms with Crippen molar-refractivity contribution in [3.8, 4) is 0 Å². The molecule has 0 aromatic rings. The van der Waals surface area contributed by atoms with Crippen molar-refractivity contribution in [1.82, 2.24) is 0 Å². The van der Waals surface area contributed by atoms with Gasteiger partial charge >= 0.3 is 0 Å². The third-order valence-corrected chi connectivity index (χ3v) is 5.40. The van der Waals surface area contributed by atoms with E-state index in [0.29, 0.717) is 6.61 Å². The second-order valence-corrected chi connectivity index (χ2v) is 7.81. The Bertz CT molecular complexity index is 341. The van der Waals surface area contributed by atoms with Gasteiger partial charge in [0.1, 0.15) is 24.4 Å². The number of aliphatic hydroxyl groups excluding tert-OH is 4. The molecule has 1 heterocycles. The van der Waals surface area contributed by atoms with Gasteiger partial charge in [-0.3, -0.25) is 0 Å². The fourth-order valence-electron chi connectivity index (χ4n) is 3.59. The molecule has 0 saturated carbocycles. The Morgan fingerprint density at radius 1 is 0.704 bits per heavy atom. The van der Waals surface area contributed by atoms with Gasteiger partial charge in [0.15, 0.2) is 6.29 Å². The first kappa shape index (κ1) is 24.8. The molecule has 0 radical (unpaired) electrons. The molecule has 0 bridgehead atoms. The van der Waals surface area contributed by atoms with Crippen LogP contribution in [0.2, 0.25) is 0 Å². The van der Waals surface area contributed by atoms with E-state index >= 15 is 0 Å². The summed E-state index contributed by atoms with van der Waals surface area (Å²) >= 11 is 0. The number of ether oxygens (including phenoxy) is 2. The first-order valence-corrected chi connectivity index (χ1v) is 11.0. The smallest absolute Gasteiger partial charge is 0.184 e. The van der Waals surface area contributed by atoms with Gasteiger partial charge in [0.25, 0.3) is 0 Å². The van der Waals surface area contributed by atoms with E-state index in [2.05, 4.69) is 6.92 Å². The highest BCUT2D eigenvalue weighted by atomic mass is 16.7. The van der Waals surface area contributed by atoms with Crippen LogP contribution in [0.4, 0.5) is 0 Å². The monoisotopic (exact) mass is 390 g/mol. The Hall–Kier alpha value is -0.240. The molecule has 0 unspecified atom stereocenters. The largest absolute Gasteiger partial charge is 0.394 e. The molecule has 1 fully saturated rings. The second-order valence-electron chi connectivity index (χ2n) is 7.81. The molecular weight excluding hydrogens is 348 g/mol. The minimum Gasteiger partial charge on any atom is -0.394 e. The minimum absolute atomic E-state index is 0.413. The molecule has 0 amide bonds. The molecule has 0 aromatic heterocycles. The lowest BCUT2D eigenvalue weighted by molar-refractivity contribution is -0.296. The van der Waals surface area contributed by atoms with Crippen LogP contribution < -0.4 is 0 Å². The van der Waals surface area contributed by atoms with Gasteiger partial charge in [-0.05, 0) is 6.42 Å². The lowest BCUT2D eigenvalue weighted by Crippen LogP contribution is -2.59. The maximum absolute atomic E-state index is 9.99. The summed E-state index contributed by atoms with van der Waals surface area (Å²) in [6.07, 6.45) is 10.7. The molecular formula is C21H42O6. The maximum atomic E-state index is 9.99. The van der Waals surface area contributed by atoms with Crippen LogP contribution in [0.1, 0.15) is 90.4 Å². The number of hydrogen-bond acceptors (Lipinski definition) is 6. The van der Waals surface area contributed by atoms with Crippen LogP contribution in [0, 0.1) is 0 Å². The van der Waals surface area contributed by atoms with Crippen LogP contribution in [-0.2, 0) is 9.47 Å². The van der Waals surface area contributed by atoms with E-state index < -0.39 is 37.3 Å². The number of hydrogen-bond donors (Lipinski definition) is 4. The molecule has 1 saturated heterocycles. The van der Waals surface area contributed by atoms with E-state index in [1.165, 1.54) is 70.6 Å². The van der Waals surface area contributed by atoms with Crippen LogP contribution in [0.3, 0.4) is 0 Å². The molecule has 1 aliphatic heterocycles. The van der Waals surface area contributed by atoms with Crippen molar-refractivity contribution in [2.75, 3.05) is 13.2 Å². The van der Waals surface area contributed by atoms with Crippen LogP contribution in [0.15, 0.2) is 0 Å². The topological polar surface area (TPSA) is 99.4 Å². The molecule has 27 heavy (non-hydrogen) atoms. The van der Waals surface area contributed by atoms with E-state index in [9.17, 15) is 15.3 Å². The SMILES string of the molecule is CCCCCCCCCCCCCCCO[C@@H]1[C@@H](O)[C@H](O)[C@@H](CO)O[C@H]1O. The zero-order chi connectivity index (χ0) is 19.9. The number of aliphatic hydroxyl groups is 4. The molecule has 6 heteroatoms. The summed E-state index contributed by atoms with van der Waals surface area (Å²) in [5.74, 6) is 0. The van der Waals surface area contributed by atoms with Gasteiger partial charge in [0.05, 0.1) is 6.61 Å². The van der Waals surface area contributed by atoms with Gasteiger partial charge in [-0.1, -0.05) is 84.0 Å². The number of unbranched alkanes of at least 4 members (excludes halogenated alkanes) is 12. The van der Waals surface area contributed by atoms with Gasteiger partial charge in [-0.2, -0.15) is 0 Å². The van der Waals surface area contributed by atoms with Crippen LogP contribution in [-0.4, -0.2) is 64.3 Å². The lowest BCUT2D eigenvalue weighted by atomic mass is 9.99. The van der Waals surface area contributed by atoms with Crippen molar-refractivity contribution in [3.63, 3.8) is 0 Å². The summed E-state index contributed by atoms with van der Waals surface area (Å²) in [6, 6.07) is 0. The van der Waals surface area contributed by atoms with Crippen molar-refractivity contribution in [1.29, 1.82) is 0 Å². The summed E-state index contributed by atoms with van der Waals surface area (Å²) < 4.78 is 10.6. The van der Waals surface area contributed by atoms with Crippen LogP contribution in [0.25, 0.3) is 0 Å². The highest BCUT2D eigenvalue weighted by molar-refractivity contribution is 4.89. The third-order valence-electron chi connectivity index (χ3n) is 5.40. The first-order chi connectivity index (χ1) is 13.1. The molecule has 1 rings (SSSR count). The lowest BCUT2D eigenvalue weighted by Gasteiger charge is -2.39. The summed E-state index contributed by atoms with van der Waals surface area (Å²) in [6.45, 7) is 2.21. The van der Waals surface area contributed by atoms with Crippen molar-refractivity contribution in [3.05, 3.63) is 0 Å². The fraction of sp³-hybridized carbons (Fsp3) is 1.00. The normalized spacial score (nSPS) is 28.6. The maximum Gasteiger partial charge on any atom is 0.184 e. The molecule has 6 nitrogen and oxygen atoms in total. The van der Waals surface area contributed by atoms with Crippen molar-refractivity contribution < 1.29 is 29.9 Å². The quantitative estimate of drug-likeness (QED) is 0.303. The molecule has 0 aliphatic carbocycles. The zero-order valence-corrected chi connectivity index (χ0v) is 17.1. The first-order valence-electron chi connectivity index (χ1n) is 11.0. The average Bonchev–Trinajstić information content (AvgIpc) is 2.67. The summed E-state index contributed by atoms with van der Waals surface area (Å²) in [4.78, 5) is 0. The standard InChI is InChI=1S/C21H42O6/c1-2-3-4-5-6-7-8-9-10-11-12-13-14-15-26-20-19(24)18(23)17(16-22)27-21(20)25/h17-25H,2-16H2,1H3/t17-,18-,19+,20-,21-/m1/s1. The van der Waals surface area contributed by atoms with Crippen molar-refractivity contribution in [2.24, 2.45) is 0 Å². The highest BCUT2D eigenvalue weighted by Gasteiger charge is 2.44. The van der Waals surface area contributed by atoms with Gasteiger partial charge in [-0.25, -0.2) is 0 Å². The van der Waals surface area contributed by atoms with Gasteiger partial charge in [0.2, 0.25) is 0 Å². The third kappa shape index (κ3) is 10.2. The Labute approximate surface area is 164 Å². The molecule has 0 aromatic carbocycles. The predicted octanol–water partition coefficient (Wildman–Crippen LogP) is 2.89. The summed E-state index contributed by atoms with van der Waals surface area (Å²) in [5, 5.41) is 38.7. The molecule has 4 N–H and O–H groups in total. The zero-order valence-electron chi connectivity index (χ0n) is 17.1. The van der Waals surface area contributed by atoms with E-state index in [0.717, 1.165) is 12.8 Å². The second kappa shape index (κ2) is 15.7. The van der Waals surface area contributed by atoms with Gasteiger partial charge < -0.3 is 29.9 Å². The summed E-state index contributed by atoms with van der Waals surface area (Å²) in [7, 11) is 0. The van der Waals surface area contributed by atoms with Crippen molar-refractivity contribution >= 4 is 0 Å². The van der Waals surface area contributed by atoms with Gasteiger partial charge in [0, 0.05) is 6.61 Å². The molecule has 1 aliphatic rings. The molecule has 0 spiro atoms. The average molecular weight is 391 g/mol. The van der Waals surface area contributed by atoms with E-state index in [1.807, 2.05) is 0 Å². The van der Waals surface area contributed by atoms with E-state index in [4.69, 9.17) is 14.6 Å². The van der Waals surface area contributed by atoms with Crippen molar-refractivity contribution in [2.45, 2.75) is 121 Å². The van der Waals surface area contributed by atoms with Crippen LogP contribution in [0.5, 0.6) is 0 Å². The van der Waals surface area contributed by atoms with E-state index in [-0.39, 0.29) is 0 Å². The highest BCUT2D eigenvalue weighted by Crippen LogP contribution is 2.22. The predicted molar refractivity (Wildman–Crippen MR) is 105 cm³/mol. The Morgan fingerprint density at radius 2 is 1.19 bits per heavy atom. The fourth-order valence-corrected chi connectivity index (χ4v) is 3.59.